The summed E-state index contributed by atoms with van der Waals surface area (Å²) in [4.78, 5) is 27.1. The number of hydrogen-bond acceptors (Lipinski definition) is 3. The van der Waals surface area contributed by atoms with Gasteiger partial charge in [0.1, 0.15) is 11.5 Å². The number of carbonyl (C=O) groups is 2. The molecule has 2 aliphatic rings. The number of urea groups is 1. The Morgan fingerprint density at radius 3 is 2.32 bits per heavy atom. The van der Waals surface area contributed by atoms with Crippen molar-refractivity contribution >= 4 is 11.9 Å². The molecule has 2 N–H and O–H groups in total. The molecule has 0 bridgehead atoms. The summed E-state index contributed by atoms with van der Waals surface area (Å²) in [5.41, 5.74) is 1.41. The van der Waals surface area contributed by atoms with E-state index in [0.29, 0.717) is 42.9 Å². The van der Waals surface area contributed by atoms with Gasteiger partial charge in [0, 0.05) is 25.2 Å². The number of benzene rings is 1. The molecule has 2 aromatic rings. The van der Waals surface area contributed by atoms with E-state index >= 15 is 0 Å². The molecule has 31 heavy (non-hydrogen) atoms. The fourth-order valence-electron chi connectivity index (χ4n) is 4.54. The Morgan fingerprint density at radius 1 is 1.00 bits per heavy atom. The summed E-state index contributed by atoms with van der Waals surface area (Å²) >= 11 is 0. The molecule has 1 aliphatic heterocycles. The van der Waals surface area contributed by atoms with Gasteiger partial charge in [0.2, 0.25) is 0 Å². The quantitative estimate of drug-likeness (QED) is 0.783. The van der Waals surface area contributed by atoms with Gasteiger partial charge in [-0.3, -0.25) is 4.79 Å². The van der Waals surface area contributed by atoms with E-state index in [0.717, 1.165) is 12.8 Å². The van der Waals surface area contributed by atoms with Crippen LogP contribution in [0.15, 0.2) is 30.5 Å². The van der Waals surface area contributed by atoms with Gasteiger partial charge in [-0.15, -0.1) is 0 Å². The number of rotatable bonds is 4. The minimum Gasteiger partial charge on any atom is -0.338 e. The summed E-state index contributed by atoms with van der Waals surface area (Å²) in [5, 5.41) is 10.4. The third-order valence-electron chi connectivity index (χ3n) is 6.38. The highest BCUT2D eigenvalue weighted by atomic mass is 19.1. The van der Waals surface area contributed by atoms with Gasteiger partial charge >= 0.3 is 6.03 Å². The van der Waals surface area contributed by atoms with Crippen molar-refractivity contribution in [3.8, 4) is 5.69 Å². The Balaban J connectivity index is 1.31. The standard InChI is InChI=1S/C23H30FN5O2/c1-16-19(15-25-29(16)21-10-6-5-9-20(21)24)22(30)28-13-11-18(12-14-28)27-23(31)26-17-7-3-2-4-8-17/h5-6,9-10,15,17-18H,2-4,7-8,11-14H2,1H3,(H2,26,27,31). The molecule has 2 fully saturated rings. The average molecular weight is 428 g/mol. The molecule has 1 saturated heterocycles. The van der Waals surface area contributed by atoms with Crippen molar-refractivity contribution in [1.29, 1.82) is 0 Å². The van der Waals surface area contributed by atoms with Gasteiger partial charge in [-0.1, -0.05) is 31.4 Å². The van der Waals surface area contributed by atoms with Crippen molar-refractivity contribution in [2.75, 3.05) is 13.1 Å². The van der Waals surface area contributed by atoms with Gasteiger partial charge in [-0.2, -0.15) is 5.10 Å². The summed E-state index contributed by atoms with van der Waals surface area (Å²) in [6, 6.07) is 6.62. The summed E-state index contributed by atoms with van der Waals surface area (Å²) in [6.07, 6.45) is 8.66. The van der Waals surface area contributed by atoms with Crippen molar-refractivity contribution in [1.82, 2.24) is 25.3 Å². The maximum Gasteiger partial charge on any atom is 0.315 e. The lowest BCUT2D eigenvalue weighted by atomic mass is 9.96. The molecule has 4 rings (SSSR count). The van der Waals surface area contributed by atoms with Crippen LogP contribution in [0.2, 0.25) is 0 Å². The van der Waals surface area contributed by atoms with E-state index in [1.54, 1.807) is 30.0 Å². The summed E-state index contributed by atoms with van der Waals surface area (Å²) in [5.74, 6) is -0.490. The predicted octanol–water partition coefficient (Wildman–Crippen LogP) is 3.56. The number of amides is 3. The van der Waals surface area contributed by atoms with E-state index in [2.05, 4.69) is 15.7 Å². The molecule has 0 unspecified atom stereocenters. The van der Waals surface area contributed by atoms with Crippen LogP contribution in [-0.2, 0) is 0 Å². The molecule has 1 saturated carbocycles. The second kappa shape index (κ2) is 9.49. The van der Waals surface area contributed by atoms with E-state index in [1.807, 2.05) is 0 Å². The molecular formula is C23H30FN5O2. The molecular weight excluding hydrogens is 397 g/mol. The Labute approximate surface area is 182 Å². The van der Waals surface area contributed by atoms with Crippen LogP contribution in [0.1, 0.15) is 61.0 Å². The number of aromatic nitrogens is 2. The first-order chi connectivity index (χ1) is 15.0. The number of carbonyl (C=O) groups excluding carboxylic acids is 2. The molecule has 2 heterocycles. The second-order valence-corrected chi connectivity index (χ2v) is 8.53. The molecule has 166 valence electrons. The fourth-order valence-corrected chi connectivity index (χ4v) is 4.54. The Hall–Kier alpha value is -2.90. The summed E-state index contributed by atoms with van der Waals surface area (Å²) < 4.78 is 15.6. The van der Waals surface area contributed by atoms with Crippen molar-refractivity contribution in [3.63, 3.8) is 0 Å². The minimum atomic E-state index is -0.383. The highest BCUT2D eigenvalue weighted by Gasteiger charge is 2.27. The van der Waals surface area contributed by atoms with E-state index in [4.69, 9.17) is 0 Å². The predicted molar refractivity (Wildman–Crippen MR) is 116 cm³/mol. The van der Waals surface area contributed by atoms with Crippen molar-refractivity contribution in [2.24, 2.45) is 0 Å². The first kappa shape index (κ1) is 21.3. The monoisotopic (exact) mass is 427 g/mol. The van der Waals surface area contributed by atoms with Crippen LogP contribution in [-0.4, -0.2) is 51.8 Å². The van der Waals surface area contributed by atoms with Crippen molar-refractivity contribution in [2.45, 2.75) is 64.0 Å². The van der Waals surface area contributed by atoms with Gasteiger partial charge < -0.3 is 15.5 Å². The largest absolute Gasteiger partial charge is 0.338 e. The number of nitrogens with zero attached hydrogens (tertiary/aromatic N) is 3. The smallest absolute Gasteiger partial charge is 0.315 e. The molecule has 1 aliphatic carbocycles. The van der Waals surface area contributed by atoms with Gasteiger partial charge in [-0.05, 0) is 44.7 Å². The Morgan fingerprint density at radius 2 is 1.65 bits per heavy atom. The maximum absolute atomic E-state index is 14.1. The van der Waals surface area contributed by atoms with Crippen LogP contribution in [0, 0.1) is 12.7 Å². The minimum absolute atomic E-state index is 0.0647. The zero-order valence-corrected chi connectivity index (χ0v) is 17.9. The Kier molecular flexibility index (Phi) is 6.53. The number of piperidine rings is 1. The number of nitrogens with one attached hydrogen (secondary N) is 2. The lowest BCUT2D eigenvalue weighted by Crippen LogP contribution is -2.51. The van der Waals surface area contributed by atoms with Gasteiger partial charge in [0.25, 0.3) is 5.91 Å². The van der Waals surface area contributed by atoms with Crippen LogP contribution in [0.3, 0.4) is 0 Å². The Bertz CT molecular complexity index is 930. The molecule has 0 atom stereocenters. The number of para-hydroxylation sites is 1. The molecule has 1 aromatic heterocycles. The van der Waals surface area contributed by atoms with E-state index in [9.17, 15) is 14.0 Å². The maximum atomic E-state index is 14.1. The zero-order chi connectivity index (χ0) is 21.8. The molecule has 8 heteroatoms. The second-order valence-electron chi connectivity index (χ2n) is 8.53. The lowest BCUT2D eigenvalue weighted by Gasteiger charge is -2.33. The third-order valence-corrected chi connectivity index (χ3v) is 6.38. The van der Waals surface area contributed by atoms with Crippen molar-refractivity contribution < 1.29 is 14.0 Å². The highest BCUT2D eigenvalue weighted by molar-refractivity contribution is 5.95. The molecule has 7 nitrogen and oxygen atoms in total. The lowest BCUT2D eigenvalue weighted by molar-refractivity contribution is 0.0707. The summed E-state index contributed by atoms with van der Waals surface area (Å²) in [6.45, 7) is 2.91. The summed E-state index contributed by atoms with van der Waals surface area (Å²) in [7, 11) is 0. The van der Waals surface area contributed by atoms with Crippen LogP contribution >= 0.6 is 0 Å². The normalized spacial score (nSPS) is 18.1. The van der Waals surface area contributed by atoms with Gasteiger partial charge in [-0.25, -0.2) is 13.9 Å². The number of halogens is 1. The average Bonchev–Trinajstić information content (AvgIpc) is 3.16. The van der Waals surface area contributed by atoms with Crippen LogP contribution in [0.25, 0.3) is 5.69 Å². The van der Waals surface area contributed by atoms with Crippen LogP contribution in [0.5, 0.6) is 0 Å². The van der Waals surface area contributed by atoms with Crippen LogP contribution in [0.4, 0.5) is 9.18 Å². The van der Waals surface area contributed by atoms with Gasteiger partial charge in [0.15, 0.2) is 0 Å². The first-order valence-electron chi connectivity index (χ1n) is 11.2. The molecule has 0 radical (unpaired) electrons. The topological polar surface area (TPSA) is 79.3 Å². The SMILES string of the molecule is Cc1c(C(=O)N2CCC(NC(=O)NC3CCCCC3)CC2)cnn1-c1ccccc1F. The molecule has 3 amide bonds. The zero-order valence-electron chi connectivity index (χ0n) is 17.9. The highest BCUT2D eigenvalue weighted by Crippen LogP contribution is 2.21. The van der Waals surface area contributed by atoms with Gasteiger partial charge in [0.05, 0.1) is 17.5 Å². The number of hydrogen-bond donors (Lipinski definition) is 2. The van der Waals surface area contributed by atoms with E-state index in [1.165, 1.54) is 36.2 Å². The fraction of sp³-hybridized carbons (Fsp3) is 0.522. The third kappa shape index (κ3) is 4.89. The van der Waals surface area contributed by atoms with E-state index < -0.39 is 0 Å². The first-order valence-corrected chi connectivity index (χ1v) is 11.2. The molecule has 0 spiro atoms. The van der Waals surface area contributed by atoms with E-state index in [-0.39, 0.29) is 29.8 Å². The number of likely N-dealkylation sites (tertiary alicyclic amines) is 1. The van der Waals surface area contributed by atoms with Crippen LogP contribution < -0.4 is 10.6 Å². The van der Waals surface area contributed by atoms with Crippen molar-refractivity contribution in [3.05, 3.63) is 47.5 Å². The molecule has 1 aromatic carbocycles.